The summed E-state index contributed by atoms with van der Waals surface area (Å²) in [7, 11) is -3.79. The summed E-state index contributed by atoms with van der Waals surface area (Å²) >= 11 is 5.92. The molecule has 32 heavy (non-hydrogen) atoms. The Bertz CT molecular complexity index is 1280. The van der Waals surface area contributed by atoms with Crippen LogP contribution in [0.15, 0.2) is 47.4 Å². The van der Waals surface area contributed by atoms with Crippen molar-refractivity contribution in [1.29, 1.82) is 0 Å². The van der Waals surface area contributed by atoms with Crippen LogP contribution >= 0.6 is 11.6 Å². The van der Waals surface area contributed by atoms with E-state index in [0.29, 0.717) is 36.3 Å². The molecule has 1 unspecified atom stereocenters. The predicted molar refractivity (Wildman–Crippen MR) is 117 cm³/mol. The predicted octanol–water partition coefficient (Wildman–Crippen LogP) is 2.49. The molecule has 1 atom stereocenters. The lowest BCUT2D eigenvalue weighted by Gasteiger charge is -2.23. The maximum absolute atomic E-state index is 13.6. The summed E-state index contributed by atoms with van der Waals surface area (Å²) < 4.78 is 36.5. The number of carbonyl (C=O) groups excluding carboxylic acids is 1. The zero-order chi connectivity index (χ0) is 23.0. The lowest BCUT2D eigenvalue weighted by molar-refractivity contribution is -0.133. The van der Waals surface area contributed by atoms with Crippen molar-refractivity contribution >= 4 is 27.5 Å². The molecule has 3 aromatic rings. The third kappa shape index (κ3) is 4.26. The van der Waals surface area contributed by atoms with Crippen LogP contribution < -0.4 is 10.9 Å². The van der Waals surface area contributed by atoms with Gasteiger partial charge in [0.15, 0.2) is 0 Å². The summed E-state index contributed by atoms with van der Waals surface area (Å²) in [6.45, 7) is 0.951. The van der Waals surface area contributed by atoms with Crippen molar-refractivity contribution in [3.05, 3.63) is 70.1 Å². The Kier molecular flexibility index (Phi) is 6.04. The normalized spacial score (nSPS) is 14.4. The average Bonchev–Trinajstić information content (AvgIpc) is 3.34. The minimum absolute atomic E-state index is 0.00724. The number of nitrogens with one attached hydrogen (secondary N) is 1. The van der Waals surface area contributed by atoms with Crippen LogP contribution in [0.5, 0.6) is 0 Å². The molecule has 0 aliphatic carbocycles. The number of hydrogen-bond donors (Lipinski definition) is 3. The van der Waals surface area contributed by atoms with Gasteiger partial charge in [-0.25, -0.2) is 17.9 Å². The van der Waals surface area contributed by atoms with E-state index in [1.165, 1.54) is 24.3 Å². The van der Waals surface area contributed by atoms with Gasteiger partial charge in [-0.05, 0) is 42.8 Å². The number of benzene rings is 2. The van der Waals surface area contributed by atoms with E-state index in [2.05, 4.69) is 10.2 Å². The smallest absolute Gasteiger partial charge is 0.238 e. The largest absolute Gasteiger partial charge is 0.332 e. The molecule has 1 aliphatic rings. The van der Waals surface area contributed by atoms with Crippen molar-refractivity contribution in [2.24, 2.45) is 10.9 Å². The standard InChI is InChI=1S/C21H21ClFN5O3S/c22-17-9-13(3-6-18(17)23)15(7-8-24)21(29)28-10-16-19(11-28)26-27-20(16)12-1-4-14(5-2-12)32(25,30)31/h1-6,9,15H,7-8,10-11,24H2,(H,26,27)(H2,25,30,31). The second kappa shape index (κ2) is 8.62. The third-order valence-electron chi connectivity index (χ3n) is 5.52. The number of fused-ring (bicyclic) bond motifs is 1. The fourth-order valence-corrected chi connectivity index (χ4v) is 4.59. The van der Waals surface area contributed by atoms with E-state index in [4.69, 9.17) is 22.5 Å². The van der Waals surface area contributed by atoms with E-state index in [0.717, 1.165) is 11.3 Å². The molecule has 0 bridgehead atoms. The summed E-state index contributed by atoms with van der Waals surface area (Å²) in [6, 6.07) is 10.3. The first kappa shape index (κ1) is 22.4. The second-order valence-corrected chi connectivity index (χ2v) is 9.57. The van der Waals surface area contributed by atoms with Crippen LogP contribution in [-0.2, 0) is 27.9 Å². The zero-order valence-corrected chi connectivity index (χ0v) is 18.5. The van der Waals surface area contributed by atoms with Crippen molar-refractivity contribution in [3.63, 3.8) is 0 Å². The minimum atomic E-state index is -3.79. The summed E-state index contributed by atoms with van der Waals surface area (Å²) in [4.78, 5) is 15.0. The van der Waals surface area contributed by atoms with E-state index in [1.807, 2.05) is 0 Å². The van der Waals surface area contributed by atoms with Crippen LogP contribution in [0.2, 0.25) is 5.02 Å². The van der Waals surface area contributed by atoms with E-state index in [9.17, 15) is 17.6 Å². The number of carbonyl (C=O) groups is 1. The molecule has 0 saturated heterocycles. The third-order valence-corrected chi connectivity index (χ3v) is 6.74. The SMILES string of the molecule is NCCC(C(=O)N1Cc2[nH]nc(-c3ccc(S(N)(=O)=O)cc3)c2C1)c1ccc(F)c(Cl)c1. The van der Waals surface area contributed by atoms with Crippen LogP contribution in [0.25, 0.3) is 11.3 Å². The van der Waals surface area contributed by atoms with Crippen molar-refractivity contribution in [3.8, 4) is 11.3 Å². The number of sulfonamides is 1. The number of halogens is 2. The molecule has 0 fully saturated rings. The number of nitrogens with zero attached hydrogens (tertiary/aromatic N) is 2. The number of hydrogen-bond acceptors (Lipinski definition) is 5. The monoisotopic (exact) mass is 477 g/mol. The molecular formula is C21H21ClFN5O3S. The first-order valence-corrected chi connectivity index (χ1v) is 11.7. The maximum Gasteiger partial charge on any atom is 0.238 e. The van der Waals surface area contributed by atoms with Crippen molar-refractivity contribution in [1.82, 2.24) is 15.1 Å². The Morgan fingerprint density at radius 2 is 1.94 bits per heavy atom. The Labute approximate surface area is 189 Å². The molecule has 0 spiro atoms. The summed E-state index contributed by atoms with van der Waals surface area (Å²) in [5.41, 5.74) is 9.33. The van der Waals surface area contributed by atoms with Gasteiger partial charge in [0.05, 0.1) is 40.3 Å². The van der Waals surface area contributed by atoms with E-state index < -0.39 is 21.8 Å². The topological polar surface area (TPSA) is 135 Å². The molecule has 1 aromatic heterocycles. The molecule has 0 saturated carbocycles. The minimum Gasteiger partial charge on any atom is -0.332 e. The first-order valence-electron chi connectivity index (χ1n) is 9.82. The molecule has 4 rings (SSSR count). The van der Waals surface area contributed by atoms with Crippen LogP contribution in [0.4, 0.5) is 4.39 Å². The van der Waals surface area contributed by atoms with Crippen molar-refractivity contribution in [2.75, 3.05) is 6.54 Å². The van der Waals surface area contributed by atoms with E-state index in [1.54, 1.807) is 23.1 Å². The number of aromatic amines is 1. The Morgan fingerprint density at radius 1 is 1.22 bits per heavy atom. The highest BCUT2D eigenvalue weighted by Gasteiger charge is 2.33. The van der Waals surface area contributed by atoms with Gasteiger partial charge >= 0.3 is 0 Å². The lowest BCUT2D eigenvalue weighted by atomic mass is 9.94. The second-order valence-electron chi connectivity index (χ2n) is 7.60. The van der Waals surface area contributed by atoms with Gasteiger partial charge in [-0.15, -0.1) is 0 Å². The Balaban J connectivity index is 1.58. The molecule has 2 heterocycles. The number of nitrogens with two attached hydrogens (primary N) is 2. The van der Waals surface area contributed by atoms with Crippen molar-refractivity contribution < 1.29 is 17.6 Å². The summed E-state index contributed by atoms with van der Waals surface area (Å²) in [5, 5.41) is 12.4. The Hall–Kier alpha value is -2.79. The van der Waals surface area contributed by atoms with Gasteiger partial charge in [0.1, 0.15) is 5.82 Å². The van der Waals surface area contributed by atoms with Gasteiger partial charge < -0.3 is 10.6 Å². The van der Waals surface area contributed by atoms with Gasteiger partial charge in [-0.1, -0.05) is 29.8 Å². The first-order chi connectivity index (χ1) is 15.2. The van der Waals surface area contributed by atoms with E-state index in [-0.39, 0.29) is 22.4 Å². The van der Waals surface area contributed by atoms with Crippen LogP contribution in [0.3, 0.4) is 0 Å². The highest BCUT2D eigenvalue weighted by atomic mass is 35.5. The highest BCUT2D eigenvalue weighted by molar-refractivity contribution is 7.89. The van der Waals surface area contributed by atoms with E-state index >= 15 is 0 Å². The Morgan fingerprint density at radius 3 is 2.56 bits per heavy atom. The summed E-state index contributed by atoms with van der Waals surface area (Å²) in [5.74, 6) is -1.24. The number of primary sulfonamides is 1. The number of amides is 1. The molecule has 5 N–H and O–H groups in total. The fraction of sp³-hybridized carbons (Fsp3) is 0.238. The van der Waals surface area contributed by atoms with Gasteiger partial charge in [-0.3, -0.25) is 9.89 Å². The van der Waals surface area contributed by atoms with Gasteiger partial charge in [-0.2, -0.15) is 5.10 Å². The number of H-pyrrole nitrogens is 1. The molecule has 1 amide bonds. The number of rotatable bonds is 6. The van der Waals surface area contributed by atoms with Crippen LogP contribution in [0, 0.1) is 5.82 Å². The zero-order valence-electron chi connectivity index (χ0n) is 16.9. The highest BCUT2D eigenvalue weighted by Crippen LogP contribution is 2.34. The molecule has 168 valence electrons. The molecule has 11 heteroatoms. The van der Waals surface area contributed by atoms with Gasteiger partial charge in [0, 0.05) is 11.1 Å². The molecular weight excluding hydrogens is 457 g/mol. The molecule has 1 aliphatic heterocycles. The van der Waals surface area contributed by atoms with Crippen LogP contribution in [0.1, 0.15) is 29.2 Å². The average molecular weight is 478 g/mol. The quantitative estimate of drug-likeness (QED) is 0.501. The molecule has 0 radical (unpaired) electrons. The molecule has 8 nitrogen and oxygen atoms in total. The van der Waals surface area contributed by atoms with Gasteiger partial charge in [0.2, 0.25) is 15.9 Å². The van der Waals surface area contributed by atoms with Gasteiger partial charge in [0.25, 0.3) is 0 Å². The summed E-state index contributed by atoms with van der Waals surface area (Å²) in [6.07, 6.45) is 0.394. The van der Waals surface area contributed by atoms with Crippen molar-refractivity contribution in [2.45, 2.75) is 30.3 Å². The molecule has 2 aromatic carbocycles. The van der Waals surface area contributed by atoms with Crippen LogP contribution in [-0.4, -0.2) is 36.0 Å². The fourth-order valence-electron chi connectivity index (χ4n) is 3.89. The lowest BCUT2D eigenvalue weighted by Crippen LogP contribution is -2.32. The number of aromatic nitrogens is 2. The maximum atomic E-state index is 13.6.